The molecule has 4 rings (SSSR count). The van der Waals surface area contributed by atoms with Crippen LogP contribution in [0.15, 0.2) is 60.7 Å². The van der Waals surface area contributed by atoms with Gasteiger partial charge < -0.3 is 10.2 Å². The van der Waals surface area contributed by atoms with E-state index in [0.29, 0.717) is 36.9 Å². The molecule has 0 radical (unpaired) electrons. The summed E-state index contributed by atoms with van der Waals surface area (Å²) in [5.74, 6) is -0.430. The van der Waals surface area contributed by atoms with Gasteiger partial charge in [0.15, 0.2) is 5.69 Å². The van der Waals surface area contributed by atoms with E-state index in [1.54, 1.807) is 21.7 Å². The van der Waals surface area contributed by atoms with Gasteiger partial charge in [0.2, 0.25) is 0 Å². The normalized spacial score (nSPS) is 13.3. The van der Waals surface area contributed by atoms with Gasteiger partial charge in [-0.25, -0.2) is 0 Å². The molecule has 1 N–H and O–H groups in total. The van der Waals surface area contributed by atoms with Crippen LogP contribution >= 0.6 is 11.6 Å². The number of benzene rings is 2. The van der Waals surface area contributed by atoms with Crippen molar-refractivity contribution < 1.29 is 9.59 Å². The zero-order valence-electron chi connectivity index (χ0n) is 15.1. The average Bonchev–Trinajstić information content (AvgIpc) is 3.14. The first-order valence-electron chi connectivity index (χ1n) is 9.04. The van der Waals surface area contributed by atoms with Crippen molar-refractivity contribution in [2.75, 3.05) is 6.54 Å². The van der Waals surface area contributed by atoms with Crippen LogP contribution in [0.3, 0.4) is 0 Å². The highest BCUT2D eigenvalue weighted by atomic mass is 35.5. The average molecular weight is 395 g/mol. The first-order chi connectivity index (χ1) is 13.6. The molecule has 0 fully saturated rings. The lowest BCUT2D eigenvalue weighted by Gasteiger charge is -2.27. The van der Waals surface area contributed by atoms with Gasteiger partial charge in [-0.2, -0.15) is 5.10 Å². The minimum Gasteiger partial charge on any atom is -0.347 e. The van der Waals surface area contributed by atoms with Crippen molar-refractivity contribution in [1.82, 2.24) is 20.0 Å². The number of carbonyl (C=O) groups is 2. The Kier molecular flexibility index (Phi) is 5.12. The summed E-state index contributed by atoms with van der Waals surface area (Å²) < 4.78 is 1.61. The number of carbonyl (C=O) groups excluding carboxylic acids is 2. The number of amides is 2. The van der Waals surface area contributed by atoms with E-state index in [1.807, 2.05) is 48.5 Å². The van der Waals surface area contributed by atoms with E-state index in [2.05, 4.69) is 10.4 Å². The summed E-state index contributed by atoms with van der Waals surface area (Å²) in [6.45, 7) is 1.97. The number of nitrogens with one attached hydrogen (secondary N) is 1. The molecule has 28 heavy (non-hydrogen) atoms. The Bertz CT molecular complexity index is 1020. The zero-order valence-corrected chi connectivity index (χ0v) is 15.9. The maximum absolute atomic E-state index is 12.8. The first-order valence-corrected chi connectivity index (χ1v) is 9.41. The molecule has 0 atom stereocenters. The van der Waals surface area contributed by atoms with Crippen LogP contribution in [-0.4, -0.2) is 33.0 Å². The summed E-state index contributed by atoms with van der Waals surface area (Å²) in [7, 11) is 0. The summed E-state index contributed by atoms with van der Waals surface area (Å²) in [4.78, 5) is 27.0. The van der Waals surface area contributed by atoms with Gasteiger partial charge in [0, 0.05) is 30.7 Å². The number of hydrogen-bond donors (Lipinski definition) is 1. The van der Waals surface area contributed by atoms with Crippen LogP contribution in [-0.2, 0) is 19.6 Å². The van der Waals surface area contributed by atoms with Gasteiger partial charge in [-0.05, 0) is 23.3 Å². The van der Waals surface area contributed by atoms with Gasteiger partial charge in [0.1, 0.15) is 5.69 Å². The Labute approximate surface area is 167 Å². The van der Waals surface area contributed by atoms with E-state index in [9.17, 15) is 9.59 Å². The molecule has 0 spiro atoms. The fourth-order valence-corrected chi connectivity index (χ4v) is 3.44. The lowest BCUT2D eigenvalue weighted by molar-refractivity contribution is 0.0683. The monoisotopic (exact) mass is 394 g/mol. The Balaban J connectivity index is 1.45. The van der Waals surface area contributed by atoms with E-state index < -0.39 is 0 Å². The molecule has 142 valence electrons. The Hall–Kier alpha value is -3.12. The molecule has 1 aliphatic heterocycles. The summed E-state index contributed by atoms with van der Waals surface area (Å²) in [5, 5.41) is 7.79. The number of halogens is 1. The van der Waals surface area contributed by atoms with Crippen molar-refractivity contribution in [3.63, 3.8) is 0 Å². The molecule has 0 saturated carbocycles. The quantitative estimate of drug-likeness (QED) is 0.723. The molecule has 2 amide bonds. The van der Waals surface area contributed by atoms with Crippen LogP contribution in [0.1, 0.15) is 32.1 Å². The minimum absolute atomic E-state index is 0.138. The maximum atomic E-state index is 12.8. The Morgan fingerprint density at radius 3 is 2.61 bits per heavy atom. The van der Waals surface area contributed by atoms with Crippen molar-refractivity contribution in [3.8, 4) is 0 Å². The lowest BCUT2D eigenvalue weighted by atomic mass is 10.2. The number of nitrogens with zero attached hydrogens (tertiary/aromatic N) is 3. The van der Waals surface area contributed by atoms with Crippen molar-refractivity contribution in [1.29, 1.82) is 0 Å². The number of aromatic nitrogens is 2. The second kappa shape index (κ2) is 7.86. The van der Waals surface area contributed by atoms with Crippen molar-refractivity contribution in [2.24, 2.45) is 0 Å². The Morgan fingerprint density at radius 2 is 1.82 bits per heavy atom. The van der Waals surface area contributed by atoms with E-state index in [1.165, 1.54) is 0 Å². The Morgan fingerprint density at radius 1 is 1.04 bits per heavy atom. The summed E-state index contributed by atoms with van der Waals surface area (Å²) in [6, 6.07) is 18.7. The number of fused-ring (bicyclic) bond motifs is 1. The van der Waals surface area contributed by atoms with Gasteiger partial charge >= 0.3 is 0 Å². The summed E-state index contributed by atoms with van der Waals surface area (Å²) in [6.07, 6.45) is 0. The predicted molar refractivity (Wildman–Crippen MR) is 106 cm³/mol. The van der Waals surface area contributed by atoms with Gasteiger partial charge in [-0.15, -0.1) is 0 Å². The minimum atomic E-state index is -0.292. The van der Waals surface area contributed by atoms with E-state index >= 15 is 0 Å². The topological polar surface area (TPSA) is 67.2 Å². The molecule has 0 unspecified atom stereocenters. The van der Waals surface area contributed by atoms with Gasteiger partial charge in [-0.1, -0.05) is 54.1 Å². The third-order valence-corrected chi connectivity index (χ3v) is 4.89. The largest absolute Gasteiger partial charge is 0.347 e. The number of rotatable bonds is 5. The number of hydrogen-bond acceptors (Lipinski definition) is 3. The van der Waals surface area contributed by atoms with Crippen molar-refractivity contribution >= 4 is 23.4 Å². The summed E-state index contributed by atoms with van der Waals surface area (Å²) in [5.41, 5.74) is 2.65. The molecule has 0 bridgehead atoms. The standard InChI is InChI=1S/C21H19ClN4O2/c22-17-8-4-7-16(11-17)14-25-9-10-26-19(21(25)28)12-18(24-26)20(27)23-13-15-5-2-1-3-6-15/h1-8,11-12H,9-10,13-14H2,(H,23,27). The molecule has 0 aliphatic carbocycles. The SMILES string of the molecule is O=C(NCc1ccccc1)c1cc2n(n1)CCN(Cc1cccc(Cl)c1)C2=O. The second-order valence-corrected chi connectivity index (χ2v) is 7.10. The highest BCUT2D eigenvalue weighted by Gasteiger charge is 2.27. The first kappa shape index (κ1) is 18.3. The summed E-state index contributed by atoms with van der Waals surface area (Å²) >= 11 is 6.03. The second-order valence-electron chi connectivity index (χ2n) is 6.66. The van der Waals surface area contributed by atoms with Gasteiger partial charge in [-0.3, -0.25) is 14.3 Å². The van der Waals surface area contributed by atoms with E-state index in [4.69, 9.17) is 11.6 Å². The fourth-order valence-electron chi connectivity index (χ4n) is 3.22. The van der Waals surface area contributed by atoms with E-state index in [0.717, 1.165) is 11.1 Å². The molecular formula is C21H19ClN4O2. The highest BCUT2D eigenvalue weighted by Crippen LogP contribution is 2.18. The predicted octanol–water partition coefficient (Wildman–Crippen LogP) is 3.12. The molecular weight excluding hydrogens is 376 g/mol. The van der Waals surface area contributed by atoms with Crippen LogP contribution in [0.5, 0.6) is 0 Å². The lowest BCUT2D eigenvalue weighted by Crippen LogP contribution is -2.39. The third-order valence-electron chi connectivity index (χ3n) is 4.66. The van der Waals surface area contributed by atoms with Crippen molar-refractivity contribution in [3.05, 3.63) is 88.2 Å². The molecule has 2 aromatic carbocycles. The zero-order chi connectivity index (χ0) is 19.5. The third kappa shape index (κ3) is 3.92. The molecule has 2 heterocycles. The van der Waals surface area contributed by atoms with Crippen LogP contribution < -0.4 is 5.32 Å². The van der Waals surface area contributed by atoms with Crippen LogP contribution in [0.4, 0.5) is 0 Å². The van der Waals surface area contributed by atoms with Crippen molar-refractivity contribution in [2.45, 2.75) is 19.6 Å². The highest BCUT2D eigenvalue weighted by molar-refractivity contribution is 6.30. The van der Waals surface area contributed by atoms with Gasteiger partial charge in [0.25, 0.3) is 11.8 Å². The van der Waals surface area contributed by atoms with Crippen LogP contribution in [0, 0.1) is 0 Å². The van der Waals surface area contributed by atoms with Gasteiger partial charge in [0.05, 0.1) is 6.54 Å². The molecule has 6 nitrogen and oxygen atoms in total. The van der Waals surface area contributed by atoms with Crippen LogP contribution in [0.25, 0.3) is 0 Å². The maximum Gasteiger partial charge on any atom is 0.272 e. The van der Waals surface area contributed by atoms with E-state index in [-0.39, 0.29) is 17.5 Å². The molecule has 1 aliphatic rings. The molecule has 1 aromatic heterocycles. The molecule has 7 heteroatoms. The van der Waals surface area contributed by atoms with Crippen LogP contribution in [0.2, 0.25) is 5.02 Å². The smallest absolute Gasteiger partial charge is 0.272 e. The molecule has 3 aromatic rings. The molecule has 0 saturated heterocycles. The fraction of sp³-hybridized carbons (Fsp3) is 0.190.